The van der Waals surface area contributed by atoms with Crippen molar-refractivity contribution in [2.24, 2.45) is 74.9 Å². The second kappa shape index (κ2) is 16.3. The van der Waals surface area contributed by atoms with Crippen molar-refractivity contribution in [2.75, 3.05) is 59.5 Å². The topological polar surface area (TPSA) is 189 Å². The van der Waals surface area contributed by atoms with Gasteiger partial charge in [0.15, 0.2) is 24.0 Å². The zero-order chi connectivity index (χ0) is 52.8. The Morgan fingerprint density at radius 1 is 0.446 bits per heavy atom. The lowest BCUT2D eigenvalue weighted by atomic mass is 9.47. The van der Waals surface area contributed by atoms with E-state index in [2.05, 4.69) is 0 Å². The van der Waals surface area contributed by atoms with Crippen molar-refractivity contribution in [3.05, 3.63) is 0 Å². The molecule has 0 aromatic carbocycles. The Morgan fingerprint density at radius 2 is 0.703 bits per heavy atom. The highest BCUT2D eigenvalue weighted by Crippen LogP contribution is 2.70. The molecule has 3 spiro atoms. The van der Waals surface area contributed by atoms with Gasteiger partial charge in [-0.3, -0.25) is 18.9 Å². The monoisotopic (exact) mass is 1100 g/mol. The molecule has 12 aliphatic carbocycles. The third-order valence-corrected chi connectivity index (χ3v) is 21.1. The van der Waals surface area contributed by atoms with E-state index in [4.69, 9.17) is 47.2 Å². The minimum absolute atomic E-state index is 0.0342. The number of carbonyl (C=O) groups is 3. The summed E-state index contributed by atoms with van der Waals surface area (Å²) in [6.07, 6.45) is 3.76. The van der Waals surface area contributed by atoms with Gasteiger partial charge in [0.25, 0.3) is 0 Å². The zero-order valence-electron chi connectivity index (χ0n) is 40.0. The first-order valence-electron chi connectivity index (χ1n) is 25.6. The fourth-order valence-corrected chi connectivity index (χ4v) is 17.4. The highest BCUT2D eigenvalue weighted by Gasteiger charge is 2.74. The summed E-state index contributed by atoms with van der Waals surface area (Å²) in [6.45, 7) is -9.53. The number of rotatable bonds is 10. The number of alkyl halides is 10. The lowest BCUT2D eigenvalue weighted by Crippen LogP contribution is -2.69. The Bertz CT molecular complexity index is 2260. The van der Waals surface area contributed by atoms with E-state index in [1.807, 2.05) is 0 Å². The van der Waals surface area contributed by atoms with Crippen LogP contribution >= 0.6 is 0 Å². The van der Waals surface area contributed by atoms with E-state index in [0.717, 1.165) is 0 Å². The van der Waals surface area contributed by atoms with Gasteiger partial charge < -0.3 is 42.6 Å². The Labute approximate surface area is 418 Å². The standard InChI is InChI=1S/C48H58F10O15S/c49-41(50)20-70-47(71-21-42(41,51)52)30-3-26-4-31(47)13-38(7-26,12-30)34(59)65-16-37(17-66-35(60)39-8-27-5-32(14-39)48(33(6-27)15-39)72-22-43(53,54)44(55,56)23-73-48)18-68-46(69-19-37)28-1-25-2-29(46)11-40(9-25,10-28)36(61)67-24-45(57,58)74(62,63)64/h25-33H,1-24H2,(H,62,63,64). The number of hydrogen-bond donors (Lipinski definition) is 1. The van der Waals surface area contributed by atoms with Crippen molar-refractivity contribution in [2.45, 2.75) is 143 Å². The van der Waals surface area contributed by atoms with E-state index in [0.29, 0.717) is 51.4 Å². The minimum Gasteiger partial charge on any atom is -0.464 e. The number of halogens is 10. The van der Waals surface area contributed by atoms with E-state index in [9.17, 15) is 66.7 Å². The van der Waals surface area contributed by atoms with Crippen molar-refractivity contribution >= 4 is 28.0 Å². The Kier molecular flexibility index (Phi) is 11.4. The van der Waals surface area contributed by atoms with Gasteiger partial charge in [0.05, 0.1) is 34.9 Å². The summed E-state index contributed by atoms with van der Waals surface area (Å²) in [5.74, 6) is -29.3. The first kappa shape index (κ1) is 52.1. The lowest BCUT2D eigenvalue weighted by molar-refractivity contribution is -0.391. The summed E-state index contributed by atoms with van der Waals surface area (Å²) in [5, 5.41) is -4.75. The molecular formula is C48H58F10O15S. The first-order valence-corrected chi connectivity index (χ1v) is 27.0. The molecule has 15 aliphatic rings. The van der Waals surface area contributed by atoms with E-state index >= 15 is 0 Å². The first-order chi connectivity index (χ1) is 34.4. The summed E-state index contributed by atoms with van der Waals surface area (Å²) in [7, 11) is -5.88. The van der Waals surface area contributed by atoms with Crippen LogP contribution in [0.4, 0.5) is 43.9 Å². The molecule has 6 atom stereocenters. The van der Waals surface area contributed by atoms with E-state index in [1.54, 1.807) is 0 Å². The quantitative estimate of drug-likeness (QED) is 0.0990. The predicted molar refractivity (Wildman–Crippen MR) is 223 cm³/mol. The van der Waals surface area contributed by atoms with E-state index in [1.165, 1.54) is 0 Å². The van der Waals surface area contributed by atoms with Gasteiger partial charge in [0, 0.05) is 35.5 Å². The molecule has 12 saturated carbocycles. The van der Waals surface area contributed by atoms with Crippen LogP contribution in [-0.4, -0.2) is 137 Å². The van der Waals surface area contributed by atoms with Gasteiger partial charge in [-0.1, -0.05) is 0 Å². The maximum Gasteiger partial charge on any atom is 0.402 e. The minimum atomic E-state index is -5.88. The smallest absolute Gasteiger partial charge is 0.402 e. The third-order valence-electron chi connectivity index (χ3n) is 20.2. The largest absolute Gasteiger partial charge is 0.464 e. The normalized spacial score (nSPS) is 46.1. The van der Waals surface area contributed by atoms with Gasteiger partial charge in [-0.25, -0.2) is 0 Å². The molecule has 15 nitrogen and oxygen atoms in total. The van der Waals surface area contributed by atoms with Gasteiger partial charge in [0.2, 0.25) is 0 Å². The van der Waals surface area contributed by atoms with E-state index < -0.39 is 178 Å². The average Bonchev–Trinajstić information content (AvgIpc) is 3.48. The van der Waals surface area contributed by atoms with Crippen LogP contribution < -0.4 is 0 Å². The van der Waals surface area contributed by atoms with Crippen LogP contribution in [-0.2, 0) is 67.1 Å². The Hall–Kier alpha value is -2.62. The molecule has 3 aliphatic heterocycles. The number of ether oxygens (including phenoxy) is 9. The molecular weight excluding hydrogens is 1040 g/mol. The molecule has 6 unspecified atom stereocenters. The van der Waals surface area contributed by atoms with Gasteiger partial charge in [-0.15, -0.1) is 0 Å². The number of hydrogen-bond acceptors (Lipinski definition) is 14. The van der Waals surface area contributed by atoms with Crippen molar-refractivity contribution in [1.82, 2.24) is 0 Å². The van der Waals surface area contributed by atoms with Crippen molar-refractivity contribution in [3.8, 4) is 0 Å². The van der Waals surface area contributed by atoms with Crippen LogP contribution in [0.15, 0.2) is 0 Å². The van der Waals surface area contributed by atoms with Gasteiger partial charge >= 0.3 is 57.0 Å². The molecule has 1 N–H and O–H groups in total. The molecule has 3 saturated heterocycles. The van der Waals surface area contributed by atoms with E-state index in [-0.39, 0.29) is 75.9 Å². The molecule has 74 heavy (non-hydrogen) atoms. The number of esters is 3. The fourth-order valence-electron chi connectivity index (χ4n) is 17.2. The molecule has 3 heterocycles. The molecule has 416 valence electrons. The second-order valence-corrected chi connectivity index (χ2v) is 26.5. The Morgan fingerprint density at radius 3 is 0.973 bits per heavy atom. The molecule has 0 aromatic heterocycles. The maximum absolute atomic E-state index is 14.6. The zero-order valence-corrected chi connectivity index (χ0v) is 40.8. The SMILES string of the molecule is O=C(OCC(F)(F)S(=O)(=O)O)C12CC3CC(C1)C1(OCC(COC(=O)C45CC6CC(C4)C4(OCC(F)(F)C(F)(F)CO4)C(C6)C5)(COC(=O)C45CC6CC(C4)C4(OCC(F)(F)C(F)(F)CO4)C(C6)C5)CO1)C(C3)C2. The lowest BCUT2D eigenvalue weighted by Gasteiger charge is -2.65. The number of carbonyl (C=O) groups excluding carboxylic acids is 3. The summed E-state index contributed by atoms with van der Waals surface area (Å²) in [5.41, 5.74) is -5.06. The van der Waals surface area contributed by atoms with Gasteiger partial charge in [-0.2, -0.15) is 52.3 Å². The molecule has 0 amide bonds. The molecule has 12 bridgehead atoms. The molecule has 0 aromatic rings. The predicted octanol–water partition coefficient (Wildman–Crippen LogP) is 7.33. The third kappa shape index (κ3) is 7.54. The van der Waals surface area contributed by atoms with Crippen molar-refractivity contribution in [3.63, 3.8) is 0 Å². The highest BCUT2D eigenvalue weighted by atomic mass is 32.2. The van der Waals surface area contributed by atoms with Gasteiger partial charge in [-0.05, 0) is 114 Å². The molecule has 15 rings (SSSR count). The molecule has 26 heteroatoms. The van der Waals surface area contributed by atoms with Crippen LogP contribution in [0.5, 0.6) is 0 Å². The fraction of sp³-hybridized carbons (Fsp3) is 0.938. The summed E-state index contributed by atoms with van der Waals surface area (Å²) >= 11 is 0. The van der Waals surface area contributed by atoms with Crippen LogP contribution in [0.25, 0.3) is 0 Å². The summed E-state index contributed by atoms with van der Waals surface area (Å²) in [6, 6.07) is 0. The van der Waals surface area contributed by atoms with Gasteiger partial charge in [0.1, 0.15) is 39.6 Å². The highest BCUT2D eigenvalue weighted by molar-refractivity contribution is 7.86. The summed E-state index contributed by atoms with van der Waals surface area (Å²) in [4.78, 5) is 42.8. The van der Waals surface area contributed by atoms with Crippen LogP contribution in [0.2, 0.25) is 0 Å². The van der Waals surface area contributed by atoms with Crippen LogP contribution in [0.1, 0.15) is 96.3 Å². The van der Waals surface area contributed by atoms with Crippen LogP contribution in [0.3, 0.4) is 0 Å². The average molecular weight is 1100 g/mol. The second-order valence-electron chi connectivity index (χ2n) is 24.9. The maximum atomic E-state index is 14.6. The Balaban J connectivity index is 0.775. The molecule has 0 radical (unpaired) electrons. The van der Waals surface area contributed by atoms with Crippen molar-refractivity contribution in [1.29, 1.82) is 0 Å². The van der Waals surface area contributed by atoms with Crippen molar-refractivity contribution < 1.29 is 114 Å². The summed E-state index contributed by atoms with van der Waals surface area (Å²) < 4.78 is 229. The van der Waals surface area contributed by atoms with Crippen LogP contribution in [0, 0.1) is 74.9 Å². The molecule has 15 fully saturated rings.